The van der Waals surface area contributed by atoms with E-state index in [0.717, 1.165) is 17.1 Å². The zero-order valence-corrected chi connectivity index (χ0v) is 9.02. The molecule has 0 bridgehead atoms. The molecule has 4 heteroatoms. The van der Waals surface area contributed by atoms with E-state index in [1.807, 2.05) is 13.1 Å². The maximum Gasteiger partial charge on any atom is 0.236 e. The van der Waals surface area contributed by atoms with Gasteiger partial charge in [-0.25, -0.2) is 4.98 Å². The van der Waals surface area contributed by atoms with Crippen molar-refractivity contribution in [2.45, 2.75) is 13.5 Å². The number of hydrogen-bond donors (Lipinski definition) is 1. The Morgan fingerprint density at radius 2 is 2.36 bits per heavy atom. The molecular weight excluding hydrogens is 196 g/mol. The minimum Gasteiger partial charge on any atom is -0.444 e. The van der Waals surface area contributed by atoms with Gasteiger partial charge in [-0.2, -0.15) is 0 Å². The first-order valence-corrected chi connectivity index (χ1v) is 5.27. The third-order valence-corrected chi connectivity index (χ3v) is 2.85. The maximum atomic E-state index is 5.38. The Balaban J connectivity index is 2.24. The van der Waals surface area contributed by atoms with Gasteiger partial charge in [0.2, 0.25) is 5.89 Å². The third kappa shape index (κ3) is 1.86. The molecule has 0 atom stereocenters. The van der Waals surface area contributed by atoms with Crippen molar-refractivity contribution in [3.05, 3.63) is 29.0 Å². The quantitative estimate of drug-likeness (QED) is 0.841. The molecule has 2 rings (SSSR count). The van der Waals surface area contributed by atoms with Gasteiger partial charge in [-0.05, 0) is 26.1 Å². The highest BCUT2D eigenvalue weighted by Gasteiger charge is 2.07. The highest BCUT2D eigenvalue weighted by Crippen LogP contribution is 2.26. The van der Waals surface area contributed by atoms with Crippen molar-refractivity contribution in [1.82, 2.24) is 10.3 Å². The van der Waals surface area contributed by atoms with Gasteiger partial charge in [-0.15, -0.1) is 11.3 Å². The standard InChI is InChI=1S/C10H12N2OS/c1-7-3-4-9(14-7)10-12-8(5-11-2)6-13-10/h3-4,6,11H,5H2,1-2H3. The molecule has 74 valence electrons. The lowest BCUT2D eigenvalue weighted by Gasteiger charge is -1.89. The van der Waals surface area contributed by atoms with Crippen LogP contribution in [-0.2, 0) is 6.54 Å². The molecule has 0 aliphatic rings. The molecule has 2 aromatic heterocycles. The summed E-state index contributed by atoms with van der Waals surface area (Å²) in [6.45, 7) is 2.82. The first kappa shape index (κ1) is 9.43. The van der Waals surface area contributed by atoms with Crippen molar-refractivity contribution in [3.63, 3.8) is 0 Å². The van der Waals surface area contributed by atoms with E-state index in [-0.39, 0.29) is 0 Å². The van der Waals surface area contributed by atoms with Gasteiger partial charge in [0.05, 0.1) is 10.6 Å². The number of hydrogen-bond acceptors (Lipinski definition) is 4. The number of aryl methyl sites for hydroxylation is 1. The highest BCUT2D eigenvalue weighted by atomic mass is 32.1. The molecule has 14 heavy (non-hydrogen) atoms. The molecule has 2 aromatic rings. The third-order valence-electron chi connectivity index (χ3n) is 1.86. The van der Waals surface area contributed by atoms with E-state index in [0.29, 0.717) is 5.89 Å². The first-order chi connectivity index (χ1) is 6.79. The van der Waals surface area contributed by atoms with E-state index in [4.69, 9.17) is 4.42 Å². The van der Waals surface area contributed by atoms with E-state index in [2.05, 4.69) is 23.3 Å². The number of nitrogens with zero attached hydrogens (tertiary/aromatic N) is 1. The molecule has 0 amide bonds. The molecule has 1 N–H and O–H groups in total. The molecule has 2 heterocycles. The van der Waals surface area contributed by atoms with Crippen LogP contribution in [0.4, 0.5) is 0 Å². The second kappa shape index (κ2) is 3.94. The fourth-order valence-electron chi connectivity index (χ4n) is 1.23. The molecule has 0 fully saturated rings. The molecule has 0 aliphatic carbocycles. The summed E-state index contributed by atoms with van der Waals surface area (Å²) in [7, 11) is 1.89. The lowest BCUT2D eigenvalue weighted by molar-refractivity contribution is 0.573. The summed E-state index contributed by atoms with van der Waals surface area (Å²) in [6.07, 6.45) is 1.70. The van der Waals surface area contributed by atoms with Crippen molar-refractivity contribution < 1.29 is 4.42 Å². The largest absolute Gasteiger partial charge is 0.444 e. The monoisotopic (exact) mass is 208 g/mol. The maximum absolute atomic E-state index is 5.38. The van der Waals surface area contributed by atoms with Crippen LogP contribution in [0.1, 0.15) is 10.6 Å². The second-order valence-corrected chi connectivity index (χ2v) is 4.37. The summed E-state index contributed by atoms with van der Waals surface area (Å²) in [5.41, 5.74) is 0.938. The predicted octanol–water partition coefficient (Wildman–Crippen LogP) is 2.43. The number of rotatable bonds is 3. The number of nitrogens with one attached hydrogen (secondary N) is 1. The molecule has 0 aromatic carbocycles. The minimum absolute atomic E-state index is 0.716. The Labute approximate surface area is 86.8 Å². The lowest BCUT2D eigenvalue weighted by atomic mass is 10.4. The van der Waals surface area contributed by atoms with Gasteiger partial charge in [0.25, 0.3) is 0 Å². The fraction of sp³-hybridized carbons (Fsp3) is 0.300. The van der Waals surface area contributed by atoms with Gasteiger partial charge in [-0.1, -0.05) is 0 Å². The van der Waals surface area contributed by atoms with Crippen molar-refractivity contribution in [3.8, 4) is 10.8 Å². The Morgan fingerprint density at radius 1 is 1.50 bits per heavy atom. The van der Waals surface area contributed by atoms with E-state index in [1.165, 1.54) is 4.88 Å². The van der Waals surface area contributed by atoms with Gasteiger partial charge in [-0.3, -0.25) is 0 Å². The van der Waals surface area contributed by atoms with Crippen LogP contribution < -0.4 is 5.32 Å². The van der Waals surface area contributed by atoms with Gasteiger partial charge in [0, 0.05) is 11.4 Å². The van der Waals surface area contributed by atoms with Crippen LogP contribution in [-0.4, -0.2) is 12.0 Å². The summed E-state index contributed by atoms with van der Waals surface area (Å²) in [6, 6.07) is 4.11. The molecule has 0 saturated heterocycles. The number of oxazole rings is 1. The number of aromatic nitrogens is 1. The van der Waals surface area contributed by atoms with E-state index in [1.54, 1.807) is 17.6 Å². The normalized spacial score (nSPS) is 10.7. The van der Waals surface area contributed by atoms with Crippen LogP contribution in [0.15, 0.2) is 22.8 Å². The lowest BCUT2D eigenvalue weighted by Crippen LogP contribution is -2.04. The van der Waals surface area contributed by atoms with Crippen molar-refractivity contribution >= 4 is 11.3 Å². The average Bonchev–Trinajstić information content (AvgIpc) is 2.74. The Hall–Kier alpha value is -1.13. The first-order valence-electron chi connectivity index (χ1n) is 4.45. The van der Waals surface area contributed by atoms with Crippen LogP contribution in [0.25, 0.3) is 10.8 Å². The highest BCUT2D eigenvalue weighted by molar-refractivity contribution is 7.15. The number of thiophene rings is 1. The molecule has 0 spiro atoms. The molecule has 0 aliphatic heterocycles. The summed E-state index contributed by atoms with van der Waals surface area (Å²) in [5, 5.41) is 3.03. The SMILES string of the molecule is CNCc1coc(-c2ccc(C)s2)n1. The van der Waals surface area contributed by atoms with Crippen LogP contribution in [0.2, 0.25) is 0 Å². The van der Waals surface area contributed by atoms with E-state index in [9.17, 15) is 0 Å². The summed E-state index contributed by atoms with van der Waals surface area (Å²) < 4.78 is 5.38. The van der Waals surface area contributed by atoms with Gasteiger partial charge in [0.1, 0.15) is 6.26 Å². The van der Waals surface area contributed by atoms with Gasteiger partial charge < -0.3 is 9.73 Å². The van der Waals surface area contributed by atoms with Crippen LogP contribution >= 0.6 is 11.3 Å². The molecule has 0 radical (unpaired) electrons. The smallest absolute Gasteiger partial charge is 0.236 e. The van der Waals surface area contributed by atoms with Gasteiger partial charge >= 0.3 is 0 Å². The van der Waals surface area contributed by atoms with E-state index < -0.39 is 0 Å². The zero-order chi connectivity index (χ0) is 9.97. The molecular formula is C10H12N2OS. The van der Waals surface area contributed by atoms with Crippen LogP contribution in [0.3, 0.4) is 0 Å². The predicted molar refractivity (Wildman–Crippen MR) is 57.3 cm³/mol. The van der Waals surface area contributed by atoms with E-state index >= 15 is 0 Å². The van der Waals surface area contributed by atoms with Crippen molar-refractivity contribution in [1.29, 1.82) is 0 Å². The Morgan fingerprint density at radius 3 is 3.00 bits per heavy atom. The topological polar surface area (TPSA) is 38.1 Å². The van der Waals surface area contributed by atoms with Crippen LogP contribution in [0.5, 0.6) is 0 Å². The minimum atomic E-state index is 0.716. The fourth-order valence-corrected chi connectivity index (χ4v) is 2.03. The van der Waals surface area contributed by atoms with Crippen LogP contribution in [0, 0.1) is 6.92 Å². The molecule has 0 unspecified atom stereocenters. The van der Waals surface area contributed by atoms with Gasteiger partial charge in [0.15, 0.2) is 0 Å². The Bertz CT molecular complexity index is 419. The summed E-state index contributed by atoms with van der Waals surface area (Å²) in [4.78, 5) is 6.72. The Kier molecular flexibility index (Phi) is 2.65. The van der Waals surface area contributed by atoms with Crippen molar-refractivity contribution in [2.24, 2.45) is 0 Å². The summed E-state index contributed by atoms with van der Waals surface area (Å²) in [5.74, 6) is 0.716. The summed E-state index contributed by atoms with van der Waals surface area (Å²) >= 11 is 1.70. The van der Waals surface area contributed by atoms with Crippen molar-refractivity contribution in [2.75, 3.05) is 7.05 Å². The second-order valence-electron chi connectivity index (χ2n) is 3.08. The molecule has 3 nitrogen and oxygen atoms in total. The zero-order valence-electron chi connectivity index (χ0n) is 8.20. The average molecular weight is 208 g/mol. The molecule has 0 saturated carbocycles.